The topological polar surface area (TPSA) is 9.86 Å². The maximum absolute atomic E-state index is 2.35. The van der Waals surface area contributed by atoms with Gasteiger partial charge in [-0.3, -0.25) is 0 Å². The van der Waals surface area contributed by atoms with Crippen LogP contribution in [0.4, 0.5) is 0 Å². The van der Waals surface area contributed by atoms with Crippen molar-refractivity contribution in [2.45, 2.75) is 6.42 Å². The number of hydrogen-bond acceptors (Lipinski definition) is 0. The zero-order chi connectivity index (χ0) is 19.5. The van der Waals surface area contributed by atoms with Crippen molar-refractivity contribution in [1.82, 2.24) is 9.13 Å². The van der Waals surface area contributed by atoms with Crippen LogP contribution in [0, 0.1) is 0 Å². The maximum Gasteiger partial charge on any atom is 0.0491 e. The van der Waals surface area contributed by atoms with Gasteiger partial charge in [-0.05, 0) is 41.8 Å². The van der Waals surface area contributed by atoms with Gasteiger partial charge in [-0.15, -0.1) is 0 Å². The Morgan fingerprint density at radius 3 is 1.38 bits per heavy atom. The Kier molecular flexibility index (Phi) is 3.39. The minimum absolute atomic E-state index is 0.939. The van der Waals surface area contributed by atoms with Crippen LogP contribution in [0.3, 0.4) is 0 Å². The molecule has 0 bridgehead atoms. The smallest absolute Gasteiger partial charge is 0.0491 e. The van der Waals surface area contributed by atoms with E-state index >= 15 is 0 Å². The van der Waals surface area contributed by atoms with E-state index in [4.69, 9.17) is 0 Å². The SMILES string of the molecule is Cn1c2ccccc2c2ccc(Cc3ccc4c5ccccc5n(C)c4c3)cc21. The molecule has 140 valence electrons. The van der Waals surface area contributed by atoms with Gasteiger partial charge in [-0.1, -0.05) is 60.7 Å². The fourth-order valence-electron chi connectivity index (χ4n) is 4.87. The zero-order valence-corrected chi connectivity index (χ0v) is 16.7. The Hall–Kier alpha value is -3.52. The number of aryl methyl sites for hydroxylation is 2. The van der Waals surface area contributed by atoms with E-state index in [2.05, 4.69) is 108 Å². The number of hydrogen-bond donors (Lipinski definition) is 0. The Morgan fingerprint density at radius 1 is 0.483 bits per heavy atom. The standard InChI is InChI=1S/C27H22N2/c1-28-24-9-5-3-7-20(24)22-13-11-18(16-26(22)28)15-19-12-14-23-21-8-4-6-10-25(21)29(2)27(23)17-19/h3-14,16-17H,15H2,1-2H3. The molecule has 2 nitrogen and oxygen atoms in total. The second-order valence-electron chi connectivity index (χ2n) is 8.03. The van der Waals surface area contributed by atoms with Crippen LogP contribution in [0.15, 0.2) is 84.9 Å². The van der Waals surface area contributed by atoms with E-state index < -0.39 is 0 Å². The molecule has 2 aromatic heterocycles. The monoisotopic (exact) mass is 374 g/mol. The molecule has 0 unspecified atom stereocenters. The van der Waals surface area contributed by atoms with E-state index in [1.807, 2.05) is 0 Å². The average molecular weight is 374 g/mol. The van der Waals surface area contributed by atoms with Crippen LogP contribution in [0.5, 0.6) is 0 Å². The largest absolute Gasteiger partial charge is 0.344 e. The third-order valence-electron chi connectivity index (χ3n) is 6.37. The van der Waals surface area contributed by atoms with E-state index in [9.17, 15) is 0 Å². The van der Waals surface area contributed by atoms with Gasteiger partial charge in [-0.2, -0.15) is 0 Å². The van der Waals surface area contributed by atoms with Gasteiger partial charge >= 0.3 is 0 Å². The third kappa shape index (κ3) is 2.35. The lowest BCUT2D eigenvalue weighted by Gasteiger charge is -2.06. The highest BCUT2D eigenvalue weighted by molar-refractivity contribution is 6.09. The van der Waals surface area contributed by atoms with Crippen molar-refractivity contribution in [2.75, 3.05) is 0 Å². The molecule has 0 radical (unpaired) electrons. The molecule has 0 atom stereocenters. The molecule has 0 aliphatic carbocycles. The molecular formula is C27H22N2. The molecule has 2 heterocycles. The Labute approximate surface area is 169 Å². The van der Waals surface area contributed by atoms with Gasteiger partial charge < -0.3 is 9.13 Å². The van der Waals surface area contributed by atoms with Gasteiger partial charge in [0.2, 0.25) is 0 Å². The number of nitrogens with zero attached hydrogens (tertiary/aromatic N) is 2. The number of benzene rings is 4. The summed E-state index contributed by atoms with van der Waals surface area (Å²) in [6.45, 7) is 0. The van der Waals surface area contributed by atoms with Crippen molar-refractivity contribution in [2.24, 2.45) is 14.1 Å². The summed E-state index contributed by atoms with van der Waals surface area (Å²) < 4.78 is 4.61. The lowest BCUT2D eigenvalue weighted by Crippen LogP contribution is -1.92. The Balaban J connectivity index is 1.46. The average Bonchev–Trinajstić information content (AvgIpc) is 3.21. The maximum atomic E-state index is 2.35. The van der Waals surface area contributed by atoms with Crippen LogP contribution in [0.2, 0.25) is 0 Å². The lowest BCUT2D eigenvalue weighted by atomic mass is 10.0. The van der Waals surface area contributed by atoms with E-state index in [1.165, 1.54) is 54.7 Å². The van der Waals surface area contributed by atoms with Gasteiger partial charge in [0.15, 0.2) is 0 Å². The molecule has 2 heteroatoms. The molecular weight excluding hydrogens is 352 g/mol. The number of rotatable bonds is 2. The van der Waals surface area contributed by atoms with Crippen molar-refractivity contribution < 1.29 is 0 Å². The first-order valence-corrected chi connectivity index (χ1v) is 10.1. The van der Waals surface area contributed by atoms with Gasteiger partial charge in [0, 0.05) is 57.7 Å². The van der Waals surface area contributed by atoms with Crippen LogP contribution in [-0.4, -0.2) is 9.13 Å². The molecule has 0 saturated heterocycles. The van der Waals surface area contributed by atoms with Crippen LogP contribution in [0.25, 0.3) is 43.6 Å². The van der Waals surface area contributed by atoms with E-state index in [0.29, 0.717) is 0 Å². The molecule has 0 amide bonds. The van der Waals surface area contributed by atoms with Crippen LogP contribution < -0.4 is 0 Å². The molecule has 4 aromatic carbocycles. The number of fused-ring (bicyclic) bond motifs is 6. The predicted octanol–water partition coefficient (Wildman–Crippen LogP) is 6.57. The fourth-order valence-corrected chi connectivity index (χ4v) is 4.87. The first kappa shape index (κ1) is 16.4. The second kappa shape index (κ2) is 5.99. The summed E-state index contributed by atoms with van der Waals surface area (Å²) in [6, 6.07) is 31.1. The van der Waals surface area contributed by atoms with E-state index in [1.54, 1.807) is 0 Å². The molecule has 0 saturated carbocycles. The number of aromatic nitrogens is 2. The first-order chi connectivity index (χ1) is 14.2. The second-order valence-corrected chi connectivity index (χ2v) is 8.03. The Morgan fingerprint density at radius 2 is 0.897 bits per heavy atom. The van der Waals surface area contributed by atoms with Crippen molar-refractivity contribution in [3.8, 4) is 0 Å². The van der Waals surface area contributed by atoms with Gasteiger partial charge in [-0.25, -0.2) is 0 Å². The highest BCUT2D eigenvalue weighted by atomic mass is 14.9. The molecule has 0 fully saturated rings. The Bertz CT molecular complexity index is 1430. The van der Waals surface area contributed by atoms with E-state index in [0.717, 1.165) is 6.42 Å². The minimum Gasteiger partial charge on any atom is -0.344 e. The number of para-hydroxylation sites is 2. The van der Waals surface area contributed by atoms with Crippen LogP contribution >= 0.6 is 0 Å². The van der Waals surface area contributed by atoms with E-state index in [-0.39, 0.29) is 0 Å². The quantitative estimate of drug-likeness (QED) is 0.324. The summed E-state index contributed by atoms with van der Waals surface area (Å²) in [5, 5.41) is 5.31. The summed E-state index contributed by atoms with van der Waals surface area (Å²) in [5.41, 5.74) is 7.87. The van der Waals surface area contributed by atoms with Crippen molar-refractivity contribution in [3.05, 3.63) is 96.1 Å². The van der Waals surface area contributed by atoms with Crippen LogP contribution in [-0.2, 0) is 20.5 Å². The fraction of sp³-hybridized carbons (Fsp3) is 0.111. The van der Waals surface area contributed by atoms with Gasteiger partial charge in [0.1, 0.15) is 0 Å². The highest BCUT2D eigenvalue weighted by Gasteiger charge is 2.10. The molecule has 0 aliphatic heterocycles. The first-order valence-electron chi connectivity index (χ1n) is 10.1. The van der Waals surface area contributed by atoms with Gasteiger partial charge in [0.05, 0.1) is 0 Å². The minimum atomic E-state index is 0.939. The predicted molar refractivity (Wildman–Crippen MR) is 124 cm³/mol. The summed E-state index contributed by atoms with van der Waals surface area (Å²) >= 11 is 0. The zero-order valence-electron chi connectivity index (χ0n) is 16.7. The molecule has 0 N–H and O–H groups in total. The molecule has 6 rings (SSSR count). The van der Waals surface area contributed by atoms with Crippen LogP contribution in [0.1, 0.15) is 11.1 Å². The van der Waals surface area contributed by atoms with Crippen molar-refractivity contribution in [3.63, 3.8) is 0 Å². The third-order valence-corrected chi connectivity index (χ3v) is 6.37. The molecule has 6 aromatic rings. The summed E-state index contributed by atoms with van der Waals surface area (Å²) in [5.74, 6) is 0. The molecule has 0 spiro atoms. The normalized spacial score (nSPS) is 11.9. The summed E-state index contributed by atoms with van der Waals surface area (Å²) in [6.07, 6.45) is 0.939. The highest BCUT2D eigenvalue weighted by Crippen LogP contribution is 2.31. The van der Waals surface area contributed by atoms with Crippen molar-refractivity contribution in [1.29, 1.82) is 0 Å². The molecule has 29 heavy (non-hydrogen) atoms. The van der Waals surface area contributed by atoms with Crippen molar-refractivity contribution >= 4 is 43.6 Å². The summed E-state index contributed by atoms with van der Waals surface area (Å²) in [4.78, 5) is 0. The molecule has 0 aliphatic rings. The lowest BCUT2D eigenvalue weighted by molar-refractivity contribution is 1.01. The summed E-state index contributed by atoms with van der Waals surface area (Å²) in [7, 11) is 4.33. The van der Waals surface area contributed by atoms with Gasteiger partial charge in [0.25, 0.3) is 0 Å².